The van der Waals surface area contributed by atoms with Crippen LogP contribution in [0.25, 0.3) is 11.1 Å². The van der Waals surface area contributed by atoms with Gasteiger partial charge in [-0.25, -0.2) is 4.79 Å². The third-order valence-electron chi connectivity index (χ3n) is 8.26. The Hall–Kier alpha value is -3.40. The predicted octanol–water partition coefficient (Wildman–Crippen LogP) is 7.18. The molecule has 0 saturated heterocycles. The Bertz CT molecular complexity index is 1320. The largest absolute Gasteiger partial charge is 0.489 e. The number of benzene rings is 3. The van der Waals surface area contributed by atoms with Crippen LogP contribution in [0, 0.1) is 25.2 Å². The van der Waals surface area contributed by atoms with E-state index in [0.717, 1.165) is 64.0 Å². The van der Waals surface area contributed by atoms with Crippen LogP contribution in [0.3, 0.4) is 0 Å². The average molecular weight is 469 g/mol. The Labute approximate surface area is 207 Å². The third kappa shape index (κ3) is 4.16. The number of carboxylic acid groups (broad SMARTS) is 1. The van der Waals surface area contributed by atoms with Crippen LogP contribution >= 0.6 is 0 Å². The number of hydrogen-bond donors (Lipinski definition) is 1. The van der Waals surface area contributed by atoms with Gasteiger partial charge in [0, 0.05) is 11.0 Å². The molecule has 0 aliphatic heterocycles. The van der Waals surface area contributed by atoms with Gasteiger partial charge in [0.2, 0.25) is 0 Å². The molecule has 35 heavy (non-hydrogen) atoms. The van der Waals surface area contributed by atoms with Crippen LogP contribution in [0.1, 0.15) is 75.6 Å². The molecule has 0 bridgehead atoms. The van der Waals surface area contributed by atoms with Gasteiger partial charge in [-0.3, -0.25) is 4.79 Å². The Morgan fingerprint density at radius 3 is 2.40 bits per heavy atom. The molecule has 1 unspecified atom stereocenters. The normalized spacial score (nSPS) is 19.7. The van der Waals surface area contributed by atoms with Crippen LogP contribution in [-0.4, -0.2) is 16.9 Å². The zero-order valence-corrected chi connectivity index (χ0v) is 20.7. The molecule has 0 amide bonds. The number of rotatable bonds is 6. The Morgan fingerprint density at radius 2 is 1.69 bits per heavy atom. The standard InChI is InChI=1S/C31H32O4/c1-19-20(2)28-25(17-31(3,29(28)32)26-12-4-5-13-26)16-27(19)35-18-21-8-6-9-22(14-21)23-10-7-11-24(15-23)30(33)34/h6-11,14-16,26H,4-5,12-13,17-18H2,1-3H3,(H,33,34). The summed E-state index contributed by atoms with van der Waals surface area (Å²) in [6.45, 7) is 6.66. The van der Waals surface area contributed by atoms with Gasteiger partial charge in [0.1, 0.15) is 12.4 Å². The molecule has 1 fully saturated rings. The van der Waals surface area contributed by atoms with Crippen molar-refractivity contribution >= 4 is 11.8 Å². The minimum absolute atomic E-state index is 0.271. The summed E-state index contributed by atoms with van der Waals surface area (Å²) in [6.07, 6.45) is 5.58. The van der Waals surface area contributed by atoms with Crippen LogP contribution in [0.15, 0.2) is 54.6 Å². The number of fused-ring (bicyclic) bond motifs is 1. The average Bonchev–Trinajstić information content (AvgIpc) is 3.49. The maximum Gasteiger partial charge on any atom is 0.335 e. The maximum absolute atomic E-state index is 13.5. The molecule has 180 valence electrons. The minimum Gasteiger partial charge on any atom is -0.489 e. The van der Waals surface area contributed by atoms with E-state index < -0.39 is 5.97 Å². The summed E-state index contributed by atoms with van der Waals surface area (Å²) < 4.78 is 6.31. The van der Waals surface area contributed by atoms with Crippen LogP contribution in [-0.2, 0) is 13.0 Å². The van der Waals surface area contributed by atoms with Crippen molar-refractivity contribution in [3.63, 3.8) is 0 Å². The Kier molecular flexibility index (Phi) is 6.00. The molecule has 4 nitrogen and oxygen atoms in total. The molecule has 4 heteroatoms. The molecule has 1 N–H and O–H groups in total. The van der Waals surface area contributed by atoms with Gasteiger partial charge in [0.25, 0.3) is 0 Å². The van der Waals surface area contributed by atoms with E-state index in [1.807, 2.05) is 37.3 Å². The number of ether oxygens (including phenoxy) is 1. The SMILES string of the molecule is Cc1c(OCc2cccc(-c3cccc(C(=O)O)c3)c2)cc2c(c1C)C(=O)C(C)(C1CCCC1)C2. The van der Waals surface area contributed by atoms with E-state index in [9.17, 15) is 14.7 Å². The predicted molar refractivity (Wildman–Crippen MR) is 137 cm³/mol. The van der Waals surface area contributed by atoms with Gasteiger partial charge < -0.3 is 9.84 Å². The summed E-state index contributed by atoms with van der Waals surface area (Å²) in [5, 5.41) is 9.31. The third-order valence-corrected chi connectivity index (χ3v) is 8.26. The Balaban J connectivity index is 1.38. The molecule has 0 radical (unpaired) electrons. The van der Waals surface area contributed by atoms with Crippen molar-refractivity contribution in [3.8, 4) is 16.9 Å². The fraction of sp³-hybridized carbons (Fsp3) is 0.355. The molecule has 3 aromatic carbocycles. The van der Waals surface area contributed by atoms with Gasteiger partial charge in [-0.2, -0.15) is 0 Å². The van der Waals surface area contributed by atoms with Crippen molar-refractivity contribution in [1.82, 2.24) is 0 Å². The van der Waals surface area contributed by atoms with E-state index in [1.165, 1.54) is 12.8 Å². The van der Waals surface area contributed by atoms with Crippen molar-refractivity contribution < 1.29 is 19.4 Å². The van der Waals surface area contributed by atoms with Gasteiger partial charge in [-0.1, -0.05) is 50.1 Å². The summed E-state index contributed by atoms with van der Waals surface area (Å²) in [5.41, 5.74) is 6.93. The van der Waals surface area contributed by atoms with E-state index in [2.05, 4.69) is 19.9 Å². The molecular formula is C31H32O4. The van der Waals surface area contributed by atoms with Crippen LogP contribution < -0.4 is 4.74 Å². The first kappa shape index (κ1) is 23.3. The number of carboxylic acids is 1. The lowest BCUT2D eigenvalue weighted by Gasteiger charge is -2.29. The van der Waals surface area contributed by atoms with Gasteiger partial charge in [0.15, 0.2) is 5.78 Å². The second kappa shape index (κ2) is 8.99. The lowest BCUT2D eigenvalue weighted by Crippen LogP contribution is -2.32. The van der Waals surface area contributed by atoms with Gasteiger partial charge in [-0.05, 0) is 96.7 Å². The zero-order valence-electron chi connectivity index (χ0n) is 20.7. The maximum atomic E-state index is 13.5. The van der Waals surface area contributed by atoms with Gasteiger partial charge in [0.05, 0.1) is 5.56 Å². The van der Waals surface area contributed by atoms with Crippen molar-refractivity contribution in [2.75, 3.05) is 0 Å². The molecule has 3 aromatic rings. The smallest absolute Gasteiger partial charge is 0.335 e. The van der Waals surface area contributed by atoms with Crippen LogP contribution in [0.2, 0.25) is 0 Å². The van der Waals surface area contributed by atoms with E-state index in [1.54, 1.807) is 18.2 Å². The van der Waals surface area contributed by atoms with E-state index in [4.69, 9.17) is 4.74 Å². The van der Waals surface area contributed by atoms with Crippen molar-refractivity contribution in [2.24, 2.45) is 11.3 Å². The van der Waals surface area contributed by atoms with E-state index >= 15 is 0 Å². The molecule has 0 aromatic heterocycles. The fourth-order valence-corrected chi connectivity index (χ4v) is 6.04. The number of carbonyl (C=O) groups excluding carboxylic acids is 1. The zero-order chi connectivity index (χ0) is 24.7. The second-order valence-electron chi connectivity index (χ2n) is 10.4. The molecule has 0 heterocycles. The van der Waals surface area contributed by atoms with Gasteiger partial charge in [-0.15, -0.1) is 0 Å². The molecule has 2 aliphatic carbocycles. The van der Waals surface area contributed by atoms with Crippen molar-refractivity contribution in [2.45, 2.75) is 59.5 Å². The quantitative estimate of drug-likeness (QED) is 0.416. The fourth-order valence-electron chi connectivity index (χ4n) is 6.04. The first-order chi connectivity index (χ1) is 16.8. The number of ketones is 1. The summed E-state index contributed by atoms with van der Waals surface area (Å²) >= 11 is 0. The minimum atomic E-state index is -0.934. The lowest BCUT2D eigenvalue weighted by atomic mass is 9.73. The van der Waals surface area contributed by atoms with Crippen molar-refractivity contribution in [3.05, 3.63) is 88.0 Å². The van der Waals surface area contributed by atoms with Crippen LogP contribution in [0.4, 0.5) is 0 Å². The molecule has 2 aliphatic rings. The first-order valence-corrected chi connectivity index (χ1v) is 12.5. The highest BCUT2D eigenvalue weighted by Gasteiger charge is 2.48. The van der Waals surface area contributed by atoms with Crippen molar-refractivity contribution in [1.29, 1.82) is 0 Å². The highest BCUT2D eigenvalue weighted by atomic mass is 16.5. The number of Topliss-reactive ketones (excluding diaryl/α,β-unsaturated/α-hetero) is 1. The number of hydrogen-bond acceptors (Lipinski definition) is 3. The highest BCUT2D eigenvalue weighted by molar-refractivity contribution is 6.06. The molecular weight excluding hydrogens is 436 g/mol. The molecule has 1 atom stereocenters. The van der Waals surface area contributed by atoms with Gasteiger partial charge >= 0.3 is 5.97 Å². The lowest BCUT2D eigenvalue weighted by molar-refractivity contribution is 0.0695. The Morgan fingerprint density at radius 1 is 1.00 bits per heavy atom. The topological polar surface area (TPSA) is 63.6 Å². The van der Waals surface area contributed by atoms with E-state index in [-0.39, 0.29) is 11.0 Å². The highest BCUT2D eigenvalue weighted by Crippen LogP contribution is 2.50. The number of carbonyl (C=O) groups is 2. The first-order valence-electron chi connectivity index (χ1n) is 12.5. The summed E-state index contributed by atoms with van der Waals surface area (Å²) in [7, 11) is 0. The molecule has 1 saturated carbocycles. The summed E-state index contributed by atoms with van der Waals surface area (Å²) in [4.78, 5) is 24.9. The molecule has 0 spiro atoms. The molecule has 5 rings (SSSR count). The summed E-state index contributed by atoms with van der Waals surface area (Å²) in [5.74, 6) is 0.705. The number of aromatic carboxylic acids is 1. The summed E-state index contributed by atoms with van der Waals surface area (Å²) in [6, 6.07) is 17.1. The monoisotopic (exact) mass is 468 g/mol. The second-order valence-corrected chi connectivity index (χ2v) is 10.4. The van der Waals surface area contributed by atoms with Crippen LogP contribution in [0.5, 0.6) is 5.75 Å². The van der Waals surface area contributed by atoms with E-state index in [0.29, 0.717) is 18.3 Å².